The van der Waals surface area contributed by atoms with Crippen LogP contribution in [0.5, 0.6) is 5.75 Å². The molecule has 0 aliphatic carbocycles. The summed E-state index contributed by atoms with van der Waals surface area (Å²) in [4.78, 5) is 15.2. The van der Waals surface area contributed by atoms with Crippen molar-refractivity contribution in [3.05, 3.63) is 65.4 Å². The minimum Gasteiger partial charge on any atom is -0.495 e. The van der Waals surface area contributed by atoms with Crippen molar-refractivity contribution in [3.63, 3.8) is 0 Å². The summed E-state index contributed by atoms with van der Waals surface area (Å²) in [5.41, 5.74) is 5.10. The number of carbonyl (C=O) groups excluding carboxylic acids is 1. The molecular weight excluding hydrogens is 336 g/mol. The number of ketones is 1. The summed E-state index contributed by atoms with van der Waals surface area (Å²) in [6.45, 7) is 0.819. The Balaban J connectivity index is 1.67. The third-order valence-electron chi connectivity index (χ3n) is 6.31. The van der Waals surface area contributed by atoms with Gasteiger partial charge in [-0.1, -0.05) is 42.5 Å². The highest BCUT2D eigenvalue weighted by molar-refractivity contribution is 5.93. The molecule has 2 aliphatic heterocycles. The van der Waals surface area contributed by atoms with Gasteiger partial charge in [0.05, 0.1) is 24.7 Å². The second kappa shape index (κ2) is 6.24. The lowest BCUT2D eigenvalue weighted by molar-refractivity contribution is -0.130. The van der Waals surface area contributed by atoms with E-state index in [1.54, 1.807) is 7.11 Å². The van der Waals surface area contributed by atoms with Crippen LogP contribution in [0.4, 0.5) is 0 Å². The Kier molecular flexibility index (Phi) is 3.83. The van der Waals surface area contributed by atoms with E-state index in [-0.39, 0.29) is 12.1 Å². The van der Waals surface area contributed by atoms with E-state index in [4.69, 9.17) is 4.74 Å². The maximum absolute atomic E-state index is 12.8. The Morgan fingerprint density at radius 3 is 2.67 bits per heavy atom. The maximum Gasteiger partial charge on any atom is 0.150 e. The molecule has 27 heavy (non-hydrogen) atoms. The van der Waals surface area contributed by atoms with Gasteiger partial charge in [-0.2, -0.15) is 0 Å². The number of carbonyl (C=O) groups is 1. The molecule has 5 rings (SSSR count). The van der Waals surface area contributed by atoms with Crippen LogP contribution in [0.15, 0.2) is 48.5 Å². The number of benzene rings is 2. The molecule has 1 saturated heterocycles. The lowest BCUT2D eigenvalue weighted by Crippen LogP contribution is -2.51. The van der Waals surface area contributed by atoms with Crippen LogP contribution in [0.3, 0.4) is 0 Å². The zero-order valence-corrected chi connectivity index (χ0v) is 15.8. The highest BCUT2D eigenvalue weighted by atomic mass is 16.5. The molecule has 0 amide bonds. The molecule has 3 heterocycles. The summed E-state index contributed by atoms with van der Waals surface area (Å²) in [5.74, 6) is 1.28. The molecule has 2 atom stereocenters. The number of hydrogen-bond donors (Lipinski definition) is 0. The number of hydrogen-bond acceptors (Lipinski definition) is 3. The average molecular weight is 360 g/mol. The Hall–Kier alpha value is -2.59. The number of nitrogens with zero attached hydrogens (tertiary/aromatic N) is 2. The third kappa shape index (κ3) is 2.43. The van der Waals surface area contributed by atoms with E-state index in [2.05, 4.69) is 52.9 Å². The predicted octanol–water partition coefficient (Wildman–Crippen LogP) is 4.02. The Morgan fingerprint density at radius 1 is 1.07 bits per heavy atom. The van der Waals surface area contributed by atoms with Gasteiger partial charge in [0.25, 0.3) is 0 Å². The fourth-order valence-corrected chi connectivity index (χ4v) is 5.12. The third-order valence-corrected chi connectivity index (χ3v) is 6.31. The van der Waals surface area contributed by atoms with Gasteiger partial charge in [-0.25, -0.2) is 0 Å². The minimum atomic E-state index is -0.0201. The lowest BCUT2D eigenvalue weighted by Gasteiger charge is -2.45. The molecule has 0 spiro atoms. The first-order valence-corrected chi connectivity index (χ1v) is 9.65. The van der Waals surface area contributed by atoms with E-state index < -0.39 is 0 Å². The smallest absolute Gasteiger partial charge is 0.150 e. The van der Waals surface area contributed by atoms with Crippen molar-refractivity contribution >= 4 is 16.7 Å². The molecule has 1 fully saturated rings. The van der Waals surface area contributed by atoms with Gasteiger partial charge in [0.2, 0.25) is 0 Å². The largest absolute Gasteiger partial charge is 0.495 e. The van der Waals surface area contributed by atoms with Crippen molar-refractivity contribution in [2.75, 3.05) is 7.11 Å². The summed E-state index contributed by atoms with van der Waals surface area (Å²) >= 11 is 0. The second-order valence-corrected chi connectivity index (χ2v) is 7.68. The highest BCUT2D eigenvalue weighted by Crippen LogP contribution is 2.46. The predicted molar refractivity (Wildman–Crippen MR) is 106 cm³/mol. The average Bonchev–Trinajstić information content (AvgIpc) is 2.98. The van der Waals surface area contributed by atoms with E-state index in [1.165, 1.54) is 22.2 Å². The van der Waals surface area contributed by atoms with Crippen LogP contribution in [-0.4, -0.2) is 28.4 Å². The normalized spacial score (nSPS) is 22.1. The number of fused-ring (bicyclic) bond motifs is 6. The Labute approximate surface area is 159 Å². The van der Waals surface area contributed by atoms with Crippen LogP contribution >= 0.6 is 0 Å². The SMILES string of the molecule is COc1cccc2c3c(n(C)c12)[C@H]1CCC(=O)[C@@H](C3)N1Cc1ccccc1. The minimum absolute atomic E-state index is 0.0201. The molecule has 0 N–H and O–H groups in total. The molecule has 1 aromatic heterocycles. The van der Waals surface area contributed by atoms with E-state index >= 15 is 0 Å². The van der Waals surface area contributed by atoms with Crippen LogP contribution in [0.25, 0.3) is 10.9 Å². The van der Waals surface area contributed by atoms with Crippen LogP contribution in [0, 0.1) is 0 Å². The quantitative estimate of drug-likeness (QED) is 0.708. The molecule has 2 aromatic carbocycles. The fraction of sp³-hybridized carbons (Fsp3) is 0.348. The van der Waals surface area contributed by atoms with Gasteiger partial charge in [0.1, 0.15) is 11.5 Å². The van der Waals surface area contributed by atoms with Gasteiger partial charge in [0.15, 0.2) is 0 Å². The number of aromatic nitrogens is 1. The van der Waals surface area contributed by atoms with Crippen LogP contribution in [-0.2, 0) is 24.8 Å². The molecule has 3 aromatic rings. The summed E-state index contributed by atoms with van der Waals surface area (Å²) in [6.07, 6.45) is 2.36. The van der Waals surface area contributed by atoms with E-state index in [1.807, 2.05) is 12.1 Å². The Morgan fingerprint density at radius 2 is 1.89 bits per heavy atom. The van der Waals surface area contributed by atoms with Gasteiger partial charge >= 0.3 is 0 Å². The number of para-hydroxylation sites is 1. The van der Waals surface area contributed by atoms with Crippen molar-refractivity contribution in [2.24, 2.45) is 7.05 Å². The molecule has 0 saturated carbocycles. The first kappa shape index (κ1) is 16.6. The fourth-order valence-electron chi connectivity index (χ4n) is 5.12. The monoisotopic (exact) mass is 360 g/mol. The lowest BCUT2D eigenvalue weighted by atomic mass is 9.81. The van der Waals surface area contributed by atoms with Gasteiger partial charge in [0, 0.05) is 31.1 Å². The zero-order chi connectivity index (χ0) is 18.5. The number of ether oxygens (including phenoxy) is 1. The van der Waals surface area contributed by atoms with E-state index in [0.717, 1.165) is 30.7 Å². The zero-order valence-electron chi connectivity index (χ0n) is 15.8. The molecule has 4 nitrogen and oxygen atoms in total. The van der Waals surface area contributed by atoms with Crippen molar-refractivity contribution in [2.45, 2.75) is 37.9 Å². The molecular formula is C23H24N2O2. The second-order valence-electron chi connectivity index (χ2n) is 7.68. The molecule has 2 aliphatic rings. The van der Waals surface area contributed by atoms with Crippen molar-refractivity contribution in [3.8, 4) is 5.75 Å². The van der Waals surface area contributed by atoms with Gasteiger partial charge in [-0.3, -0.25) is 9.69 Å². The number of aryl methyl sites for hydroxylation is 1. The first-order chi connectivity index (χ1) is 13.2. The highest BCUT2D eigenvalue weighted by Gasteiger charge is 2.44. The van der Waals surface area contributed by atoms with E-state index in [9.17, 15) is 4.79 Å². The van der Waals surface area contributed by atoms with E-state index in [0.29, 0.717) is 12.2 Å². The summed E-state index contributed by atoms with van der Waals surface area (Å²) < 4.78 is 7.94. The summed E-state index contributed by atoms with van der Waals surface area (Å²) in [5, 5.41) is 1.23. The summed E-state index contributed by atoms with van der Waals surface area (Å²) in [6, 6.07) is 17.0. The maximum atomic E-state index is 12.8. The van der Waals surface area contributed by atoms with Crippen LogP contribution in [0.2, 0.25) is 0 Å². The van der Waals surface area contributed by atoms with Crippen molar-refractivity contribution < 1.29 is 9.53 Å². The Bertz CT molecular complexity index is 1020. The number of Topliss-reactive ketones (excluding diaryl/α,β-unsaturated/α-hetero) is 1. The van der Waals surface area contributed by atoms with Crippen LogP contribution in [0.1, 0.15) is 35.7 Å². The molecule has 2 bridgehead atoms. The van der Waals surface area contributed by atoms with Crippen LogP contribution < -0.4 is 4.74 Å². The molecule has 138 valence electrons. The first-order valence-electron chi connectivity index (χ1n) is 9.65. The molecule has 0 radical (unpaired) electrons. The van der Waals surface area contributed by atoms with Crippen molar-refractivity contribution in [1.82, 2.24) is 9.47 Å². The van der Waals surface area contributed by atoms with Gasteiger partial charge in [-0.05, 0) is 30.0 Å². The van der Waals surface area contributed by atoms with Crippen molar-refractivity contribution in [1.29, 1.82) is 0 Å². The molecule has 0 unspecified atom stereocenters. The number of rotatable bonds is 3. The van der Waals surface area contributed by atoms with Gasteiger partial charge in [-0.15, -0.1) is 0 Å². The number of methoxy groups -OCH3 is 1. The number of piperidine rings is 1. The topological polar surface area (TPSA) is 34.5 Å². The van der Waals surface area contributed by atoms with Gasteiger partial charge < -0.3 is 9.30 Å². The summed E-state index contributed by atoms with van der Waals surface area (Å²) in [7, 11) is 3.87. The standard InChI is InChI=1S/C23H24N2O2/c1-24-22-17(16-9-6-10-21(27-2)23(16)24)13-19-20(26)12-11-18(22)25(19)14-15-7-4-3-5-8-15/h3-10,18-19H,11-14H2,1-2H3/t18-,19-/m1/s1. The molecule has 4 heteroatoms.